The van der Waals surface area contributed by atoms with Crippen molar-refractivity contribution in [3.05, 3.63) is 82.1 Å². The number of anilines is 1. The number of aromatic nitrogens is 1. The molecule has 1 N–H and O–H groups in total. The maximum absolute atomic E-state index is 13.9. The largest absolute Gasteiger partial charge is 0.427 e. The Kier molecular flexibility index (Phi) is 6.02. The van der Waals surface area contributed by atoms with Gasteiger partial charge in [0.05, 0.1) is 5.69 Å². The van der Waals surface area contributed by atoms with Crippen LogP contribution in [-0.2, 0) is 26.0 Å². The molecule has 1 aliphatic rings. The van der Waals surface area contributed by atoms with Crippen LogP contribution in [0.3, 0.4) is 0 Å². The fraction of sp³-hybridized carbons (Fsp3) is 0.167. The summed E-state index contributed by atoms with van der Waals surface area (Å²) in [6.07, 6.45) is -3.78. The van der Waals surface area contributed by atoms with E-state index in [2.05, 4.69) is 10.3 Å². The first kappa shape index (κ1) is 24.2. The number of fused-ring (bicyclic) bond motifs is 1. The number of carbonyl (C=O) groups is 3. The molecule has 0 aliphatic carbocycles. The van der Waals surface area contributed by atoms with E-state index in [1.165, 1.54) is 62.4 Å². The summed E-state index contributed by atoms with van der Waals surface area (Å²) in [5.41, 5.74) is -3.05. The highest BCUT2D eigenvalue weighted by atomic mass is 35.5. The zero-order chi connectivity index (χ0) is 25.5. The van der Waals surface area contributed by atoms with Gasteiger partial charge in [-0.2, -0.15) is 13.2 Å². The normalized spacial score (nSPS) is 14.2. The smallest absolute Gasteiger partial charge is 0.421 e. The Morgan fingerprint density at radius 2 is 1.37 bits per heavy atom. The van der Waals surface area contributed by atoms with E-state index in [0.717, 1.165) is 6.20 Å². The van der Waals surface area contributed by atoms with Crippen LogP contribution in [0.5, 0.6) is 11.5 Å². The van der Waals surface area contributed by atoms with E-state index < -0.39 is 45.8 Å². The summed E-state index contributed by atoms with van der Waals surface area (Å²) in [7, 11) is 0. The molecule has 4 rings (SSSR count). The fourth-order valence-electron chi connectivity index (χ4n) is 4.11. The summed E-state index contributed by atoms with van der Waals surface area (Å²) in [6.45, 7) is 2.43. The Morgan fingerprint density at radius 3 is 1.77 bits per heavy atom. The van der Waals surface area contributed by atoms with Crippen LogP contribution in [0.25, 0.3) is 0 Å². The second-order valence-corrected chi connectivity index (χ2v) is 8.01. The Morgan fingerprint density at radius 1 is 0.914 bits per heavy atom. The first-order valence-corrected chi connectivity index (χ1v) is 10.5. The minimum atomic E-state index is -4.89. The van der Waals surface area contributed by atoms with Crippen LogP contribution in [0.2, 0.25) is 5.15 Å². The number of hydrogen-bond acceptors (Lipinski definition) is 6. The highest BCUT2D eigenvalue weighted by Crippen LogP contribution is 2.52. The van der Waals surface area contributed by atoms with Gasteiger partial charge in [0, 0.05) is 25.6 Å². The zero-order valence-corrected chi connectivity index (χ0v) is 19.0. The van der Waals surface area contributed by atoms with E-state index in [-0.39, 0.29) is 28.2 Å². The standard InChI is InChI=1S/C24H16ClF3N2O5/c1-12(31)34-16-7-3-14(4-8-16)23(15-5-9-17(10-6-15)35-13(2)32)18-11-29-21(25)19(24(26,27)28)20(18)30-22(23)33/h3-11H,1-2H3,(H,30,33). The summed E-state index contributed by atoms with van der Waals surface area (Å²) < 4.78 is 51.7. The molecule has 1 aromatic heterocycles. The minimum absolute atomic E-state index is 0.0697. The van der Waals surface area contributed by atoms with E-state index in [1.807, 2.05) is 0 Å². The van der Waals surface area contributed by atoms with Crippen molar-refractivity contribution in [1.82, 2.24) is 4.98 Å². The summed E-state index contributed by atoms with van der Waals surface area (Å²) in [5, 5.41) is 1.54. The van der Waals surface area contributed by atoms with Crippen LogP contribution in [0.1, 0.15) is 36.1 Å². The summed E-state index contributed by atoms with van der Waals surface area (Å²) in [5.74, 6) is -1.53. The van der Waals surface area contributed by atoms with Crippen LogP contribution >= 0.6 is 11.6 Å². The van der Waals surface area contributed by atoms with Gasteiger partial charge in [-0.15, -0.1) is 0 Å². The van der Waals surface area contributed by atoms with E-state index >= 15 is 0 Å². The van der Waals surface area contributed by atoms with Crippen molar-refractivity contribution in [2.75, 3.05) is 5.32 Å². The molecule has 1 aliphatic heterocycles. The Balaban J connectivity index is 1.98. The molecule has 0 atom stereocenters. The topological polar surface area (TPSA) is 94.6 Å². The number of amides is 1. The van der Waals surface area contributed by atoms with Gasteiger partial charge in [0.2, 0.25) is 5.91 Å². The highest BCUT2D eigenvalue weighted by Gasteiger charge is 2.53. The number of carbonyl (C=O) groups excluding carboxylic acids is 3. The summed E-state index contributed by atoms with van der Waals surface area (Å²) >= 11 is 5.78. The van der Waals surface area contributed by atoms with Crippen LogP contribution in [-0.4, -0.2) is 22.8 Å². The van der Waals surface area contributed by atoms with E-state index in [4.69, 9.17) is 21.1 Å². The monoisotopic (exact) mass is 504 g/mol. The molecule has 2 heterocycles. The molecule has 2 aromatic carbocycles. The number of ether oxygens (including phenoxy) is 2. The number of benzene rings is 2. The average Bonchev–Trinajstić information content (AvgIpc) is 3.05. The molecule has 7 nitrogen and oxygen atoms in total. The third-order valence-electron chi connectivity index (χ3n) is 5.40. The molecule has 0 radical (unpaired) electrons. The molecular weight excluding hydrogens is 489 g/mol. The van der Waals surface area contributed by atoms with Crippen LogP contribution < -0.4 is 14.8 Å². The molecule has 35 heavy (non-hydrogen) atoms. The lowest BCUT2D eigenvalue weighted by atomic mass is 9.70. The van der Waals surface area contributed by atoms with Gasteiger partial charge in [0.1, 0.15) is 27.6 Å². The molecule has 1 amide bonds. The van der Waals surface area contributed by atoms with Crippen LogP contribution in [0.15, 0.2) is 54.7 Å². The summed E-state index contributed by atoms with van der Waals surface area (Å²) in [6, 6.07) is 11.6. The van der Waals surface area contributed by atoms with Crippen molar-refractivity contribution in [3.63, 3.8) is 0 Å². The van der Waals surface area contributed by atoms with Crippen molar-refractivity contribution < 1.29 is 37.0 Å². The molecule has 0 bridgehead atoms. The van der Waals surface area contributed by atoms with E-state index in [1.54, 1.807) is 0 Å². The lowest BCUT2D eigenvalue weighted by Gasteiger charge is -2.29. The molecule has 0 spiro atoms. The van der Waals surface area contributed by atoms with Gasteiger partial charge in [-0.05, 0) is 35.4 Å². The van der Waals surface area contributed by atoms with Crippen LogP contribution in [0.4, 0.5) is 18.9 Å². The lowest BCUT2D eigenvalue weighted by Crippen LogP contribution is -2.37. The molecule has 0 saturated heterocycles. The Bertz CT molecular complexity index is 1280. The quantitative estimate of drug-likeness (QED) is 0.309. The number of halogens is 4. The van der Waals surface area contributed by atoms with Gasteiger partial charge >= 0.3 is 18.1 Å². The molecule has 180 valence electrons. The molecular formula is C24H16ClF3N2O5. The predicted molar refractivity (Wildman–Crippen MR) is 118 cm³/mol. The number of alkyl halides is 3. The molecule has 0 unspecified atom stereocenters. The van der Waals surface area contributed by atoms with Gasteiger partial charge in [-0.3, -0.25) is 14.4 Å². The van der Waals surface area contributed by atoms with Gasteiger partial charge in [0.15, 0.2) is 0 Å². The number of pyridine rings is 1. The fourth-order valence-corrected chi connectivity index (χ4v) is 4.36. The number of rotatable bonds is 4. The average molecular weight is 505 g/mol. The Labute approximate surface area is 201 Å². The second-order valence-electron chi connectivity index (χ2n) is 7.65. The maximum Gasteiger partial charge on any atom is 0.421 e. The van der Waals surface area contributed by atoms with Gasteiger partial charge in [-0.1, -0.05) is 35.9 Å². The summed E-state index contributed by atoms with van der Waals surface area (Å²) in [4.78, 5) is 39.8. The molecule has 3 aromatic rings. The first-order chi connectivity index (χ1) is 16.4. The van der Waals surface area contributed by atoms with Crippen molar-refractivity contribution in [1.29, 1.82) is 0 Å². The lowest BCUT2D eigenvalue weighted by molar-refractivity contribution is -0.137. The molecule has 0 saturated carbocycles. The SMILES string of the molecule is CC(=O)Oc1ccc(C2(c3ccc(OC(C)=O)cc3)C(=O)Nc3c2cnc(Cl)c3C(F)(F)F)cc1. The first-order valence-electron chi connectivity index (χ1n) is 10.1. The molecule has 11 heteroatoms. The highest BCUT2D eigenvalue weighted by molar-refractivity contribution is 6.31. The number of hydrogen-bond donors (Lipinski definition) is 1. The number of nitrogens with one attached hydrogen (secondary N) is 1. The molecule has 0 fully saturated rings. The van der Waals surface area contributed by atoms with Crippen LogP contribution in [0, 0.1) is 0 Å². The van der Waals surface area contributed by atoms with E-state index in [0.29, 0.717) is 0 Å². The Hall–Kier alpha value is -3.92. The van der Waals surface area contributed by atoms with Crippen molar-refractivity contribution in [2.24, 2.45) is 0 Å². The number of esters is 2. The van der Waals surface area contributed by atoms with Crippen molar-refractivity contribution in [2.45, 2.75) is 25.4 Å². The van der Waals surface area contributed by atoms with Gasteiger partial charge < -0.3 is 14.8 Å². The van der Waals surface area contributed by atoms with Gasteiger partial charge in [0.25, 0.3) is 0 Å². The van der Waals surface area contributed by atoms with Crippen molar-refractivity contribution in [3.8, 4) is 11.5 Å². The van der Waals surface area contributed by atoms with Gasteiger partial charge in [-0.25, -0.2) is 4.98 Å². The van der Waals surface area contributed by atoms with E-state index in [9.17, 15) is 27.6 Å². The third kappa shape index (κ3) is 4.21. The maximum atomic E-state index is 13.9. The second kappa shape index (κ2) is 8.70. The minimum Gasteiger partial charge on any atom is -0.427 e. The zero-order valence-electron chi connectivity index (χ0n) is 18.2. The van der Waals surface area contributed by atoms with Crippen molar-refractivity contribution >= 4 is 35.1 Å². The third-order valence-corrected chi connectivity index (χ3v) is 5.68. The number of nitrogens with zero attached hydrogens (tertiary/aromatic N) is 1. The predicted octanol–water partition coefficient (Wildman–Crippen LogP) is 4.89.